The first kappa shape index (κ1) is 12.2. The van der Waals surface area contributed by atoms with Gasteiger partial charge in [0.15, 0.2) is 0 Å². The third-order valence-corrected chi connectivity index (χ3v) is 3.59. The number of aromatic amines is 1. The van der Waals surface area contributed by atoms with Crippen molar-refractivity contribution in [3.63, 3.8) is 0 Å². The lowest BCUT2D eigenvalue weighted by molar-refractivity contribution is 0.0756. The summed E-state index contributed by atoms with van der Waals surface area (Å²) < 4.78 is 0. The number of H-pyrrole nitrogens is 1. The highest BCUT2D eigenvalue weighted by Crippen LogP contribution is 2.17. The van der Waals surface area contributed by atoms with Crippen LogP contribution in [0.5, 0.6) is 0 Å². The fourth-order valence-corrected chi connectivity index (χ4v) is 2.51. The Hall–Kier alpha value is -1.85. The standard InChI is InChI=1S/C14H17N3O2/c18-12-5-6-15-8-11(12)17-14(19)10-3-1-2-9-4-7-16-13(9)10/h1-4,7,11-12,15-16,18H,5-6,8H2,(H,17,19)/t11-,12+/m0/s1. The number of para-hydroxylation sites is 1. The van der Waals surface area contributed by atoms with Gasteiger partial charge in [-0.1, -0.05) is 12.1 Å². The number of aliphatic hydroxyl groups is 1. The fourth-order valence-electron chi connectivity index (χ4n) is 2.51. The molecule has 19 heavy (non-hydrogen) atoms. The minimum atomic E-state index is -0.479. The van der Waals surface area contributed by atoms with Crippen molar-refractivity contribution in [3.8, 4) is 0 Å². The van der Waals surface area contributed by atoms with Crippen LogP contribution in [-0.2, 0) is 0 Å². The molecule has 2 aromatic rings. The number of carbonyl (C=O) groups is 1. The van der Waals surface area contributed by atoms with Crippen LogP contribution in [0.25, 0.3) is 10.9 Å². The minimum absolute atomic E-state index is 0.152. The van der Waals surface area contributed by atoms with Gasteiger partial charge in [-0.15, -0.1) is 0 Å². The number of piperidine rings is 1. The van der Waals surface area contributed by atoms with Gasteiger partial charge in [0.1, 0.15) is 0 Å². The molecule has 0 saturated carbocycles. The van der Waals surface area contributed by atoms with E-state index in [0.717, 1.165) is 17.4 Å². The summed E-state index contributed by atoms with van der Waals surface area (Å²) in [5.74, 6) is -0.152. The van der Waals surface area contributed by atoms with Crippen LogP contribution in [0.3, 0.4) is 0 Å². The van der Waals surface area contributed by atoms with Crippen LogP contribution in [0, 0.1) is 0 Å². The minimum Gasteiger partial charge on any atom is -0.391 e. The van der Waals surface area contributed by atoms with Gasteiger partial charge in [-0.2, -0.15) is 0 Å². The molecule has 1 aromatic carbocycles. The summed E-state index contributed by atoms with van der Waals surface area (Å²) in [4.78, 5) is 15.4. The third-order valence-electron chi connectivity index (χ3n) is 3.59. The van der Waals surface area contributed by atoms with E-state index in [1.54, 1.807) is 6.07 Å². The smallest absolute Gasteiger partial charge is 0.253 e. The van der Waals surface area contributed by atoms with Gasteiger partial charge in [-0.3, -0.25) is 4.79 Å². The Labute approximate surface area is 111 Å². The zero-order valence-corrected chi connectivity index (χ0v) is 10.5. The molecule has 5 nitrogen and oxygen atoms in total. The molecule has 1 amide bonds. The molecular weight excluding hydrogens is 242 g/mol. The third kappa shape index (κ3) is 2.34. The zero-order chi connectivity index (χ0) is 13.2. The van der Waals surface area contributed by atoms with Crippen molar-refractivity contribution in [2.75, 3.05) is 13.1 Å². The van der Waals surface area contributed by atoms with Crippen molar-refractivity contribution in [1.82, 2.24) is 15.6 Å². The van der Waals surface area contributed by atoms with Crippen LogP contribution < -0.4 is 10.6 Å². The van der Waals surface area contributed by atoms with Crippen LogP contribution in [0.15, 0.2) is 30.5 Å². The number of aromatic nitrogens is 1. The molecule has 1 saturated heterocycles. The van der Waals surface area contributed by atoms with Gasteiger partial charge in [0.25, 0.3) is 5.91 Å². The molecule has 0 radical (unpaired) electrons. The molecule has 1 aliphatic rings. The first-order chi connectivity index (χ1) is 9.25. The lowest BCUT2D eigenvalue weighted by Gasteiger charge is -2.29. The number of carbonyl (C=O) groups excluding carboxylic acids is 1. The molecule has 5 heteroatoms. The Morgan fingerprint density at radius 3 is 3.11 bits per heavy atom. The first-order valence-corrected chi connectivity index (χ1v) is 6.51. The highest BCUT2D eigenvalue weighted by Gasteiger charge is 2.25. The van der Waals surface area contributed by atoms with E-state index in [1.165, 1.54) is 0 Å². The molecule has 0 aliphatic carbocycles. The highest BCUT2D eigenvalue weighted by molar-refractivity contribution is 6.05. The number of rotatable bonds is 2. The number of hydrogen-bond donors (Lipinski definition) is 4. The van der Waals surface area contributed by atoms with Crippen molar-refractivity contribution in [2.45, 2.75) is 18.6 Å². The first-order valence-electron chi connectivity index (χ1n) is 6.51. The van der Waals surface area contributed by atoms with Crippen molar-refractivity contribution >= 4 is 16.8 Å². The summed E-state index contributed by atoms with van der Waals surface area (Å²) in [6.07, 6.45) is 2.00. The van der Waals surface area contributed by atoms with E-state index in [4.69, 9.17) is 0 Å². The normalized spacial score (nSPS) is 23.4. The summed E-state index contributed by atoms with van der Waals surface area (Å²) in [6.45, 7) is 1.40. The molecule has 1 aromatic heterocycles. The van der Waals surface area contributed by atoms with E-state index >= 15 is 0 Å². The van der Waals surface area contributed by atoms with Crippen molar-refractivity contribution in [3.05, 3.63) is 36.0 Å². The molecule has 3 rings (SSSR count). The maximum atomic E-state index is 12.3. The van der Waals surface area contributed by atoms with Gasteiger partial charge in [-0.25, -0.2) is 0 Å². The second-order valence-electron chi connectivity index (χ2n) is 4.89. The molecule has 1 aliphatic heterocycles. The molecule has 2 heterocycles. The van der Waals surface area contributed by atoms with Crippen molar-refractivity contribution in [2.24, 2.45) is 0 Å². The second-order valence-corrected chi connectivity index (χ2v) is 4.89. The van der Waals surface area contributed by atoms with E-state index in [-0.39, 0.29) is 11.9 Å². The molecule has 0 unspecified atom stereocenters. The highest BCUT2D eigenvalue weighted by atomic mass is 16.3. The SMILES string of the molecule is O=C(N[C@H]1CNCC[C@H]1O)c1cccc2cc[nH]c12. The average molecular weight is 259 g/mol. The summed E-state index contributed by atoms with van der Waals surface area (Å²) in [5, 5.41) is 17.0. The van der Waals surface area contributed by atoms with Crippen LogP contribution in [0.4, 0.5) is 0 Å². The Morgan fingerprint density at radius 1 is 1.37 bits per heavy atom. The lowest BCUT2D eigenvalue weighted by Crippen LogP contribution is -2.53. The molecule has 0 bridgehead atoms. The summed E-state index contributed by atoms with van der Waals surface area (Å²) in [7, 11) is 0. The molecular formula is C14H17N3O2. The second kappa shape index (κ2) is 5.03. The van der Waals surface area contributed by atoms with Gasteiger partial charge in [0, 0.05) is 18.1 Å². The summed E-state index contributed by atoms with van der Waals surface area (Å²) >= 11 is 0. The molecule has 100 valence electrons. The molecule has 1 fully saturated rings. The van der Waals surface area contributed by atoms with Crippen LogP contribution in [0.2, 0.25) is 0 Å². The van der Waals surface area contributed by atoms with E-state index in [9.17, 15) is 9.90 Å². The number of aliphatic hydroxyl groups excluding tert-OH is 1. The number of amides is 1. The van der Waals surface area contributed by atoms with E-state index in [1.807, 2.05) is 24.4 Å². The Bertz CT molecular complexity index is 593. The lowest BCUT2D eigenvalue weighted by atomic mass is 10.0. The van der Waals surface area contributed by atoms with Gasteiger partial charge in [0.2, 0.25) is 0 Å². The number of hydrogen-bond acceptors (Lipinski definition) is 3. The van der Waals surface area contributed by atoms with E-state index < -0.39 is 6.10 Å². The maximum Gasteiger partial charge on any atom is 0.253 e. The summed E-state index contributed by atoms with van der Waals surface area (Å²) in [6, 6.07) is 7.31. The fraction of sp³-hybridized carbons (Fsp3) is 0.357. The van der Waals surface area contributed by atoms with Gasteiger partial charge < -0.3 is 20.7 Å². The summed E-state index contributed by atoms with van der Waals surface area (Å²) in [5.41, 5.74) is 1.44. The largest absolute Gasteiger partial charge is 0.391 e. The van der Waals surface area contributed by atoms with E-state index in [0.29, 0.717) is 18.5 Å². The Kier molecular flexibility index (Phi) is 3.23. The Morgan fingerprint density at radius 2 is 2.26 bits per heavy atom. The monoisotopic (exact) mass is 259 g/mol. The number of fused-ring (bicyclic) bond motifs is 1. The Balaban J connectivity index is 1.82. The zero-order valence-electron chi connectivity index (χ0n) is 10.5. The van der Waals surface area contributed by atoms with Crippen molar-refractivity contribution < 1.29 is 9.90 Å². The quantitative estimate of drug-likeness (QED) is 0.638. The van der Waals surface area contributed by atoms with Crippen LogP contribution >= 0.6 is 0 Å². The molecule has 0 spiro atoms. The van der Waals surface area contributed by atoms with Crippen molar-refractivity contribution in [1.29, 1.82) is 0 Å². The van der Waals surface area contributed by atoms with Crippen LogP contribution in [-0.4, -0.2) is 41.2 Å². The van der Waals surface area contributed by atoms with Gasteiger partial charge in [0.05, 0.1) is 23.2 Å². The maximum absolute atomic E-state index is 12.3. The topological polar surface area (TPSA) is 77.2 Å². The predicted molar refractivity (Wildman–Crippen MR) is 73.0 cm³/mol. The predicted octanol–water partition coefficient (Wildman–Crippen LogP) is 0.621. The number of benzene rings is 1. The van der Waals surface area contributed by atoms with Gasteiger partial charge >= 0.3 is 0 Å². The average Bonchev–Trinajstić information content (AvgIpc) is 2.89. The van der Waals surface area contributed by atoms with Crippen LogP contribution in [0.1, 0.15) is 16.8 Å². The molecule has 4 N–H and O–H groups in total. The van der Waals surface area contributed by atoms with E-state index in [2.05, 4.69) is 15.6 Å². The number of nitrogens with one attached hydrogen (secondary N) is 3. The molecule has 2 atom stereocenters. The van der Waals surface area contributed by atoms with Gasteiger partial charge in [-0.05, 0) is 25.1 Å².